The SMILES string of the molecule is C=CC/C(C)=C(\C=C/CC)N/C(=C\C)c1nc(C2CCC(C)CC2)n2ccnc(N)c12. The molecule has 3 rings (SSSR count). The molecule has 0 aliphatic heterocycles. The molecule has 0 radical (unpaired) electrons. The van der Waals surface area contributed by atoms with Crippen molar-refractivity contribution in [2.24, 2.45) is 5.92 Å². The van der Waals surface area contributed by atoms with Gasteiger partial charge in [0.05, 0.1) is 5.70 Å². The molecule has 0 spiro atoms. The second-order valence-corrected chi connectivity index (χ2v) is 8.63. The molecule has 0 saturated heterocycles. The van der Waals surface area contributed by atoms with E-state index in [1.807, 2.05) is 19.2 Å². The number of rotatable bonds is 8. The molecule has 0 bridgehead atoms. The van der Waals surface area contributed by atoms with Crippen molar-refractivity contribution in [2.75, 3.05) is 5.73 Å². The Hall–Kier alpha value is -2.82. The lowest BCUT2D eigenvalue weighted by Gasteiger charge is -2.25. The van der Waals surface area contributed by atoms with Crippen molar-refractivity contribution in [3.05, 3.63) is 66.1 Å². The van der Waals surface area contributed by atoms with Gasteiger partial charge in [-0.3, -0.25) is 4.40 Å². The number of allylic oxidation sites excluding steroid dienone is 5. The maximum absolute atomic E-state index is 6.37. The molecule has 5 heteroatoms. The molecule has 0 aromatic carbocycles. The topological polar surface area (TPSA) is 68.2 Å². The summed E-state index contributed by atoms with van der Waals surface area (Å²) >= 11 is 0. The average molecular weight is 420 g/mol. The van der Waals surface area contributed by atoms with E-state index in [1.165, 1.54) is 31.3 Å². The van der Waals surface area contributed by atoms with E-state index in [0.29, 0.717) is 11.7 Å². The minimum absolute atomic E-state index is 0.454. The minimum atomic E-state index is 0.454. The second kappa shape index (κ2) is 10.5. The molecular weight excluding hydrogens is 382 g/mol. The standard InChI is InChI=1S/C26H37N5/c1-6-9-11-22(19(5)10-7-2)29-21(8-3)23-24-25(27)28-16-17-31(24)26(30-23)20-14-12-18(4)13-15-20/h7-9,11,16-18,20,29H,2,6,10,12-15H2,1,3-5H3,(H2,27,28)/b11-9-,21-8-,22-19+. The van der Waals surface area contributed by atoms with Crippen LogP contribution < -0.4 is 11.1 Å². The maximum atomic E-state index is 6.37. The van der Waals surface area contributed by atoms with Gasteiger partial charge in [-0.1, -0.05) is 44.9 Å². The van der Waals surface area contributed by atoms with Crippen molar-refractivity contribution in [1.82, 2.24) is 19.7 Å². The van der Waals surface area contributed by atoms with E-state index in [-0.39, 0.29) is 0 Å². The number of nitrogens with zero attached hydrogens (tertiary/aromatic N) is 3. The first-order valence-corrected chi connectivity index (χ1v) is 11.5. The van der Waals surface area contributed by atoms with Gasteiger partial charge in [0.2, 0.25) is 0 Å². The number of anilines is 1. The Morgan fingerprint density at radius 3 is 2.71 bits per heavy atom. The van der Waals surface area contributed by atoms with Gasteiger partial charge in [-0.25, -0.2) is 9.97 Å². The molecule has 0 amide bonds. The summed E-state index contributed by atoms with van der Waals surface area (Å²) in [6.45, 7) is 12.5. The van der Waals surface area contributed by atoms with Crippen LogP contribution in [0.25, 0.3) is 11.2 Å². The third kappa shape index (κ3) is 5.09. The highest BCUT2D eigenvalue weighted by Gasteiger charge is 2.26. The largest absolute Gasteiger partial charge is 0.382 e. The number of nitrogens with one attached hydrogen (secondary N) is 1. The molecule has 1 aliphatic rings. The monoisotopic (exact) mass is 419 g/mol. The molecular formula is C26H37N5. The minimum Gasteiger partial charge on any atom is -0.382 e. The molecule has 31 heavy (non-hydrogen) atoms. The average Bonchev–Trinajstić information content (AvgIpc) is 3.15. The zero-order valence-corrected chi connectivity index (χ0v) is 19.5. The molecule has 1 saturated carbocycles. The number of hydrogen-bond acceptors (Lipinski definition) is 4. The molecule has 0 atom stereocenters. The van der Waals surface area contributed by atoms with Crippen molar-refractivity contribution in [1.29, 1.82) is 0 Å². The fraction of sp³-hybridized carbons (Fsp3) is 0.462. The summed E-state index contributed by atoms with van der Waals surface area (Å²) in [5.74, 6) is 2.87. The predicted octanol–water partition coefficient (Wildman–Crippen LogP) is 6.37. The Balaban J connectivity index is 2.06. The van der Waals surface area contributed by atoms with Crippen LogP contribution in [0.2, 0.25) is 0 Å². The Bertz CT molecular complexity index is 1000. The smallest absolute Gasteiger partial charge is 0.150 e. The second-order valence-electron chi connectivity index (χ2n) is 8.63. The van der Waals surface area contributed by atoms with Crippen molar-refractivity contribution in [2.45, 2.75) is 72.1 Å². The number of nitrogen functional groups attached to an aromatic ring is 1. The first-order chi connectivity index (χ1) is 15.0. The third-order valence-electron chi connectivity index (χ3n) is 6.24. The van der Waals surface area contributed by atoms with E-state index < -0.39 is 0 Å². The van der Waals surface area contributed by atoms with E-state index in [1.54, 1.807) is 6.20 Å². The molecule has 1 aliphatic carbocycles. The van der Waals surface area contributed by atoms with Gasteiger partial charge < -0.3 is 11.1 Å². The molecule has 166 valence electrons. The van der Waals surface area contributed by atoms with Crippen molar-refractivity contribution in [3.8, 4) is 0 Å². The highest BCUT2D eigenvalue weighted by atomic mass is 15.1. The molecule has 5 nitrogen and oxygen atoms in total. The molecule has 2 aromatic rings. The summed E-state index contributed by atoms with van der Waals surface area (Å²) in [6.07, 6.45) is 18.7. The van der Waals surface area contributed by atoms with E-state index >= 15 is 0 Å². The number of nitrogens with two attached hydrogens (primary N) is 1. The Labute approximate surface area is 186 Å². The van der Waals surface area contributed by atoms with Crippen LogP contribution in [0.1, 0.15) is 83.7 Å². The lowest BCUT2D eigenvalue weighted by atomic mass is 9.82. The van der Waals surface area contributed by atoms with Gasteiger partial charge in [0.15, 0.2) is 0 Å². The van der Waals surface area contributed by atoms with E-state index in [0.717, 1.165) is 47.2 Å². The summed E-state index contributed by atoms with van der Waals surface area (Å²) in [4.78, 5) is 9.53. The summed E-state index contributed by atoms with van der Waals surface area (Å²) in [5, 5.41) is 3.63. The van der Waals surface area contributed by atoms with Crippen LogP contribution in [0.5, 0.6) is 0 Å². The summed E-state index contributed by atoms with van der Waals surface area (Å²) in [7, 11) is 0. The summed E-state index contributed by atoms with van der Waals surface area (Å²) < 4.78 is 2.16. The lowest BCUT2D eigenvalue weighted by molar-refractivity contribution is 0.339. The fourth-order valence-electron chi connectivity index (χ4n) is 4.35. The van der Waals surface area contributed by atoms with Crippen molar-refractivity contribution in [3.63, 3.8) is 0 Å². The van der Waals surface area contributed by atoms with E-state index in [2.05, 4.69) is 60.3 Å². The summed E-state index contributed by atoms with van der Waals surface area (Å²) in [5.41, 5.74) is 11.4. The van der Waals surface area contributed by atoms with Crippen LogP contribution in [0, 0.1) is 5.92 Å². The van der Waals surface area contributed by atoms with Crippen LogP contribution >= 0.6 is 0 Å². The predicted molar refractivity (Wildman–Crippen MR) is 132 cm³/mol. The maximum Gasteiger partial charge on any atom is 0.150 e. The van der Waals surface area contributed by atoms with Gasteiger partial charge >= 0.3 is 0 Å². The number of hydrogen-bond donors (Lipinski definition) is 2. The highest BCUT2D eigenvalue weighted by molar-refractivity contribution is 5.83. The molecule has 2 heterocycles. The van der Waals surface area contributed by atoms with Gasteiger partial charge in [0.1, 0.15) is 22.9 Å². The van der Waals surface area contributed by atoms with Crippen LogP contribution in [-0.4, -0.2) is 14.4 Å². The molecule has 3 N–H and O–H groups in total. The van der Waals surface area contributed by atoms with E-state index in [9.17, 15) is 0 Å². The first kappa shape index (κ1) is 22.9. The van der Waals surface area contributed by atoms with Crippen molar-refractivity contribution >= 4 is 17.0 Å². The number of fused-ring (bicyclic) bond motifs is 1. The quantitative estimate of drug-likeness (QED) is 0.385. The molecule has 1 fully saturated rings. The molecule has 0 unspecified atom stereocenters. The molecule has 2 aromatic heterocycles. The Morgan fingerprint density at radius 2 is 2.06 bits per heavy atom. The van der Waals surface area contributed by atoms with Gasteiger partial charge in [-0.05, 0) is 57.1 Å². The van der Waals surface area contributed by atoms with Crippen LogP contribution in [0.15, 0.2) is 54.5 Å². The fourth-order valence-corrected chi connectivity index (χ4v) is 4.35. The van der Waals surface area contributed by atoms with Gasteiger partial charge in [-0.15, -0.1) is 6.58 Å². The van der Waals surface area contributed by atoms with Crippen LogP contribution in [0.3, 0.4) is 0 Å². The zero-order chi connectivity index (χ0) is 22.4. The van der Waals surface area contributed by atoms with Gasteiger partial charge in [0, 0.05) is 24.0 Å². The number of imidazole rings is 1. The zero-order valence-electron chi connectivity index (χ0n) is 19.5. The van der Waals surface area contributed by atoms with Gasteiger partial charge in [0.25, 0.3) is 0 Å². The van der Waals surface area contributed by atoms with Crippen LogP contribution in [-0.2, 0) is 0 Å². The van der Waals surface area contributed by atoms with E-state index in [4.69, 9.17) is 10.7 Å². The lowest BCUT2D eigenvalue weighted by Crippen LogP contribution is -2.14. The summed E-state index contributed by atoms with van der Waals surface area (Å²) in [6, 6.07) is 0. The normalized spacial score (nSPS) is 20.8. The Morgan fingerprint density at radius 1 is 1.32 bits per heavy atom. The van der Waals surface area contributed by atoms with Crippen molar-refractivity contribution < 1.29 is 0 Å². The van der Waals surface area contributed by atoms with Crippen LogP contribution in [0.4, 0.5) is 5.82 Å². The number of aromatic nitrogens is 3. The third-order valence-corrected chi connectivity index (χ3v) is 6.24. The Kier molecular flexibility index (Phi) is 7.72. The highest BCUT2D eigenvalue weighted by Crippen LogP contribution is 2.37. The van der Waals surface area contributed by atoms with Gasteiger partial charge in [-0.2, -0.15) is 0 Å². The first-order valence-electron chi connectivity index (χ1n) is 11.5.